The van der Waals surface area contributed by atoms with Crippen molar-refractivity contribution in [2.24, 2.45) is 11.3 Å². The minimum absolute atomic E-state index is 0.0657. The summed E-state index contributed by atoms with van der Waals surface area (Å²) in [5.74, 6) is 0.364. The molecular formula is C26H37N3O2S. The van der Waals surface area contributed by atoms with Gasteiger partial charge in [0.2, 0.25) is 5.91 Å². The van der Waals surface area contributed by atoms with Gasteiger partial charge in [0.25, 0.3) is 5.91 Å². The maximum absolute atomic E-state index is 13.4. The molecule has 2 aromatic rings. The van der Waals surface area contributed by atoms with E-state index in [-0.39, 0.29) is 17.2 Å². The van der Waals surface area contributed by atoms with Crippen LogP contribution in [0.25, 0.3) is 0 Å². The molecule has 1 atom stereocenters. The number of aryl methyl sites for hydroxylation is 1. The third-order valence-electron chi connectivity index (χ3n) is 6.54. The molecule has 2 N–H and O–H groups in total. The summed E-state index contributed by atoms with van der Waals surface area (Å²) in [6.07, 6.45) is 2.89. The second-order valence-electron chi connectivity index (χ2n) is 9.84. The average Bonchev–Trinajstić information content (AvgIpc) is 3.09. The molecule has 32 heavy (non-hydrogen) atoms. The molecule has 0 aliphatic heterocycles. The van der Waals surface area contributed by atoms with E-state index in [1.54, 1.807) is 11.3 Å². The summed E-state index contributed by atoms with van der Waals surface area (Å²) < 4.78 is 0. The monoisotopic (exact) mass is 455 g/mol. The highest BCUT2D eigenvalue weighted by atomic mass is 32.1. The SMILES string of the molecule is CCN(CC)CC(=O)Nc1sc2c(c1C(=O)Nc1ccc(C)cc1)CC[C@H](C(C)(C)C)C2. The van der Waals surface area contributed by atoms with Crippen LogP contribution < -0.4 is 10.6 Å². The van der Waals surface area contributed by atoms with Gasteiger partial charge in [-0.1, -0.05) is 52.3 Å². The van der Waals surface area contributed by atoms with E-state index < -0.39 is 0 Å². The molecule has 6 heteroatoms. The van der Waals surface area contributed by atoms with Crippen molar-refractivity contribution in [3.63, 3.8) is 0 Å². The number of carbonyl (C=O) groups excluding carboxylic acids is 2. The third-order valence-corrected chi connectivity index (χ3v) is 7.71. The number of amides is 2. The van der Waals surface area contributed by atoms with Crippen molar-refractivity contribution in [3.05, 3.63) is 45.8 Å². The number of hydrogen-bond donors (Lipinski definition) is 2. The molecule has 0 saturated carbocycles. The molecule has 0 radical (unpaired) electrons. The fourth-order valence-electron chi connectivity index (χ4n) is 4.30. The number of anilines is 2. The Kier molecular flexibility index (Phi) is 7.78. The first-order valence-electron chi connectivity index (χ1n) is 11.7. The van der Waals surface area contributed by atoms with E-state index in [0.29, 0.717) is 23.0 Å². The molecule has 2 amide bonds. The molecule has 0 fully saturated rings. The third kappa shape index (κ3) is 5.78. The van der Waals surface area contributed by atoms with Gasteiger partial charge < -0.3 is 10.6 Å². The molecule has 0 bridgehead atoms. The predicted octanol–water partition coefficient (Wildman–Crippen LogP) is 5.74. The van der Waals surface area contributed by atoms with Gasteiger partial charge in [-0.05, 0) is 68.3 Å². The smallest absolute Gasteiger partial charge is 0.258 e. The molecule has 0 unspecified atom stereocenters. The normalized spacial score (nSPS) is 16.0. The van der Waals surface area contributed by atoms with E-state index >= 15 is 0 Å². The lowest BCUT2D eigenvalue weighted by atomic mass is 9.72. The number of rotatable bonds is 7. The number of nitrogens with zero attached hydrogens (tertiary/aromatic N) is 1. The van der Waals surface area contributed by atoms with Crippen molar-refractivity contribution in [1.82, 2.24) is 4.90 Å². The first kappa shape index (κ1) is 24.5. The van der Waals surface area contributed by atoms with Crippen molar-refractivity contribution in [3.8, 4) is 0 Å². The molecule has 174 valence electrons. The average molecular weight is 456 g/mol. The highest BCUT2D eigenvalue weighted by molar-refractivity contribution is 7.17. The molecule has 1 aliphatic rings. The van der Waals surface area contributed by atoms with Crippen molar-refractivity contribution >= 4 is 33.8 Å². The van der Waals surface area contributed by atoms with Gasteiger partial charge in [0, 0.05) is 10.6 Å². The maximum Gasteiger partial charge on any atom is 0.258 e. The van der Waals surface area contributed by atoms with Crippen LogP contribution in [0.1, 0.15) is 67.4 Å². The Morgan fingerprint density at radius 3 is 2.34 bits per heavy atom. The van der Waals surface area contributed by atoms with Gasteiger partial charge in [0.15, 0.2) is 0 Å². The maximum atomic E-state index is 13.4. The van der Waals surface area contributed by atoms with Crippen LogP contribution in [0.5, 0.6) is 0 Å². The van der Waals surface area contributed by atoms with Crippen LogP contribution in [-0.2, 0) is 17.6 Å². The van der Waals surface area contributed by atoms with Crippen molar-refractivity contribution in [2.75, 3.05) is 30.3 Å². The number of hydrogen-bond acceptors (Lipinski definition) is 4. The molecule has 3 rings (SSSR count). The summed E-state index contributed by atoms with van der Waals surface area (Å²) >= 11 is 1.58. The molecular weight excluding hydrogens is 418 g/mol. The van der Waals surface area contributed by atoms with E-state index in [1.165, 1.54) is 4.88 Å². The summed E-state index contributed by atoms with van der Waals surface area (Å²) in [5, 5.41) is 6.81. The zero-order valence-electron chi connectivity index (χ0n) is 20.3. The van der Waals surface area contributed by atoms with Gasteiger partial charge in [0.05, 0.1) is 12.1 Å². The van der Waals surface area contributed by atoms with E-state index in [0.717, 1.165) is 49.2 Å². The van der Waals surface area contributed by atoms with Crippen LogP contribution >= 0.6 is 11.3 Å². The fraction of sp³-hybridized carbons (Fsp3) is 0.538. The molecule has 0 saturated heterocycles. The first-order valence-corrected chi connectivity index (χ1v) is 12.5. The summed E-state index contributed by atoms with van der Waals surface area (Å²) in [4.78, 5) is 29.5. The molecule has 1 aromatic heterocycles. The van der Waals surface area contributed by atoms with Crippen LogP contribution in [0.4, 0.5) is 10.7 Å². The lowest BCUT2D eigenvalue weighted by Crippen LogP contribution is -2.33. The molecule has 1 heterocycles. The Morgan fingerprint density at radius 1 is 1.09 bits per heavy atom. The largest absolute Gasteiger partial charge is 0.322 e. The molecule has 1 aliphatic carbocycles. The number of likely N-dealkylation sites (N-methyl/N-ethyl adjacent to an activating group) is 1. The minimum atomic E-state index is -0.140. The molecule has 0 spiro atoms. The predicted molar refractivity (Wildman–Crippen MR) is 135 cm³/mol. The Balaban J connectivity index is 1.90. The second kappa shape index (κ2) is 10.2. The van der Waals surface area contributed by atoms with Crippen LogP contribution in [0.15, 0.2) is 24.3 Å². The second-order valence-corrected chi connectivity index (χ2v) is 10.9. The summed E-state index contributed by atoms with van der Waals surface area (Å²) in [5.41, 5.74) is 3.89. The zero-order valence-corrected chi connectivity index (χ0v) is 21.1. The van der Waals surface area contributed by atoms with Crippen LogP contribution in [0.3, 0.4) is 0 Å². The summed E-state index contributed by atoms with van der Waals surface area (Å²) in [7, 11) is 0. The zero-order chi connectivity index (χ0) is 23.5. The highest BCUT2D eigenvalue weighted by Gasteiger charge is 2.34. The van der Waals surface area contributed by atoms with E-state index in [9.17, 15) is 9.59 Å². The Bertz CT molecular complexity index is 953. The Morgan fingerprint density at radius 2 is 1.75 bits per heavy atom. The first-order chi connectivity index (χ1) is 15.1. The van der Waals surface area contributed by atoms with Crippen LogP contribution in [0.2, 0.25) is 0 Å². The van der Waals surface area contributed by atoms with Gasteiger partial charge in [-0.15, -0.1) is 11.3 Å². The number of benzene rings is 1. The summed E-state index contributed by atoms with van der Waals surface area (Å²) in [6, 6.07) is 7.80. The van der Waals surface area contributed by atoms with Gasteiger partial charge in [0.1, 0.15) is 5.00 Å². The standard InChI is InChI=1S/C26H37N3O2S/c1-7-29(8-2)16-22(30)28-25-23(24(31)27-19-12-9-17(3)10-13-19)20-14-11-18(26(4,5)6)15-21(20)32-25/h9-10,12-13,18H,7-8,11,14-16H2,1-6H3,(H,27,31)(H,28,30)/t18-/m0/s1. The number of thiophene rings is 1. The van der Waals surface area contributed by atoms with Gasteiger partial charge in [-0.25, -0.2) is 0 Å². The van der Waals surface area contributed by atoms with Crippen LogP contribution in [-0.4, -0.2) is 36.3 Å². The Labute approximate surface area is 196 Å². The van der Waals surface area contributed by atoms with Gasteiger partial charge >= 0.3 is 0 Å². The topological polar surface area (TPSA) is 61.4 Å². The molecule has 1 aromatic carbocycles. The lowest BCUT2D eigenvalue weighted by Gasteiger charge is -2.33. The number of nitrogens with one attached hydrogen (secondary N) is 2. The van der Waals surface area contributed by atoms with Crippen LogP contribution in [0, 0.1) is 18.3 Å². The van der Waals surface area contributed by atoms with Crippen molar-refractivity contribution < 1.29 is 9.59 Å². The minimum Gasteiger partial charge on any atom is -0.322 e. The summed E-state index contributed by atoms with van der Waals surface area (Å²) in [6.45, 7) is 14.9. The fourth-order valence-corrected chi connectivity index (χ4v) is 5.64. The number of carbonyl (C=O) groups is 2. The highest BCUT2D eigenvalue weighted by Crippen LogP contribution is 2.44. The quantitative estimate of drug-likeness (QED) is 0.560. The number of fused-ring (bicyclic) bond motifs is 1. The van der Waals surface area contributed by atoms with E-state index in [1.807, 2.05) is 45.0 Å². The van der Waals surface area contributed by atoms with Crippen molar-refractivity contribution in [1.29, 1.82) is 0 Å². The van der Waals surface area contributed by atoms with E-state index in [2.05, 4.69) is 36.3 Å². The van der Waals surface area contributed by atoms with Gasteiger partial charge in [-0.2, -0.15) is 0 Å². The van der Waals surface area contributed by atoms with Gasteiger partial charge in [-0.3, -0.25) is 14.5 Å². The molecule has 5 nitrogen and oxygen atoms in total. The lowest BCUT2D eigenvalue weighted by molar-refractivity contribution is -0.117. The van der Waals surface area contributed by atoms with E-state index in [4.69, 9.17) is 0 Å². The van der Waals surface area contributed by atoms with Crippen molar-refractivity contribution in [2.45, 2.75) is 60.8 Å². The Hall–Kier alpha value is -2.18.